The molecule has 0 saturated carbocycles. The van der Waals surface area contributed by atoms with E-state index in [0.29, 0.717) is 5.69 Å². The summed E-state index contributed by atoms with van der Waals surface area (Å²) < 4.78 is 0. The number of nitro benzene ring substituents is 2. The average Bonchev–Trinajstić information content (AvgIpc) is 2.66. The number of amides is 2. The van der Waals surface area contributed by atoms with E-state index in [9.17, 15) is 29.8 Å². The second kappa shape index (κ2) is 8.98. The molecular weight excluding hydrogens is 370 g/mol. The molecule has 2 aromatic carbocycles. The van der Waals surface area contributed by atoms with Crippen molar-refractivity contribution in [2.75, 3.05) is 5.32 Å². The van der Waals surface area contributed by atoms with Gasteiger partial charge in [-0.2, -0.15) is 5.10 Å². The Hall–Kier alpha value is -4.15. The van der Waals surface area contributed by atoms with E-state index in [0.717, 1.165) is 0 Å². The standard InChI is InChI=1S/C17H15N5O6/c1-11(10-16(23)18-12-6-8-13(9-7-12)21(25)26)19-20-17(24)14-4-2-3-5-15(14)22(27)28/h2-9H,10H2,1H3,(H,18,23)(H,20,24). The molecule has 0 heterocycles. The second-order valence-electron chi connectivity index (χ2n) is 5.59. The normalized spacial score (nSPS) is 10.8. The highest BCUT2D eigenvalue weighted by molar-refractivity contribution is 6.06. The highest BCUT2D eigenvalue weighted by atomic mass is 16.6. The van der Waals surface area contributed by atoms with Gasteiger partial charge in [0.25, 0.3) is 17.3 Å². The zero-order valence-corrected chi connectivity index (χ0v) is 14.6. The Bertz CT molecular complexity index is 955. The molecule has 0 aliphatic carbocycles. The maximum absolute atomic E-state index is 12.1. The zero-order valence-electron chi connectivity index (χ0n) is 14.6. The molecule has 0 radical (unpaired) electrons. The van der Waals surface area contributed by atoms with Crippen LogP contribution in [-0.2, 0) is 4.79 Å². The molecule has 0 saturated heterocycles. The van der Waals surface area contributed by atoms with Crippen molar-refractivity contribution in [3.8, 4) is 0 Å². The lowest BCUT2D eigenvalue weighted by atomic mass is 10.2. The van der Waals surface area contributed by atoms with E-state index in [1.165, 1.54) is 55.5 Å². The van der Waals surface area contributed by atoms with Gasteiger partial charge in [0.15, 0.2) is 0 Å². The molecule has 0 spiro atoms. The Morgan fingerprint density at radius 3 is 2.25 bits per heavy atom. The summed E-state index contributed by atoms with van der Waals surface area (Å²) in [5.41, 5.74) is 2.18. The summed E-state index contributed by atoms with van der Waals surface area (Å²) in [4.78, 5) is 44.3. The Morgan fingerprint density at radius 1 is 1.00 bits per heavy atom. The third-order valence-electron chi connectivity index (χ3n) is 3.47. The third kappa shape index (κ3) is 5.42. The van der Waals surface area contributed by atoms with Crippen molar-refractivity contribution >= 4 is 34.6 Å². The van der Waals surface area contributed by atoms with Gasteiger partial charge in [-0.15, -0.1) is 0 Å². The first-order valence-corrected chi connectivity index (χ1v) is 7.89. The van der Waals surface area contributed by atoms with Crippen LogP contribution in [0.25, 0.3) is 0 Å². The SMILES string of the molecule is CC(CC(=O)Nc1ccc([N+](=O)[O-])cc1)=NNC(=O)c1ccccc1[N+](=O)[O-]. The first-order valence-electron chi connectivity index (χ1n) is 7.89. The molecule has 11 heteroatoms. The van der Waals surface area contributed by atoms with Gasteiger partial charge in [0.05, 0.1) is 16.3 Å². The van der Waals surface area contributed by atoms with Gasteiger partial charge in [-0.25, -0.2) is 5.43 Å². The Labute approximate surface area is 158 Å². The number of nitro groups is 2. The smallest absolute Gasteiger partial charge is 0.282 e. The van der Waals surface area contributed by atoms with Crippen molar-refractivity contribution in [2.45, 2.75) is 13.3 Å². The molecule has 11 nitrogen and oxygen atoms in total. The number of hydrogen-bond acceptors (Lipinski definition) is 7. The summed E-state index contributed by atoms with van der Waals surface area (Å²) in [6, 6.07) is 10.7. The Kier molecular flexibility index (Phi) is 6.47. The Morgan fingerprint density at radius 2 is 1.64 bits per heavy atom. The minimum absolute atomic E-state index is 0.103. The van der Waals surface area contributed by atoms with Crippen molar-refractivity contribution in [3.63, 3.8) is 0 Å². The predicted molar refractivity (Wildman–Crippen MR) is 100 cm³/mol. The number of carbonyl (C=O) groups excluding carboxylic acids is 2. The number of carbonyl (C=O) groups is 2. The van der Waals surface area contributed by atoms with E-state index in [4.69, 9.17) is 0 Å². The molecule has 0 fully saturated rings. The van der Waals surface area contributed by atoms with Gasteiger partial charge >= 0.3 is 0 Å². The van der Waals surface area contributed by atoms with Crippen LogP contribution in [0.1, 0.15) is 23.7 Å². The van der Waals surface area contributed by atoms with Crippen molar-refractivity contribution in [3.05, 3.63) is 74.3 Å². The number of hydrogen-bond donors (Lipinski definition) is 2. The lowest BCUT2D eigenvalue weighted by molar-refractivity contribution is -0.385. The fourth-order valence-electron chi connectivity index (χ4n) is 2.17. The average molecular weight is 385 g/mol. The van der Waals surface area contributed by atoms with Crippen LogP contribution in [0.3, 0.4) is 0 Å². The lowest BCUT2D eigenvalue weighted by Crippen LogP contribution is -2.22. The molecule has 0 aromatic heterocycles. The van der Waals surface area contributed by atoms with E-state index < -0.39 is 21.7 Å². The highest BCUT2D eigenvalue weighted by Gasteiger charge is 2.18. The van der Waals surface area contributed by atoms with Gasteiger partial charge < -0.3 is 5.32 Å². The number of anilines is 1. The van der Waals surface area contributed by atoms with Gasteiger partial charge in [-0.3, -0.25) is 29.8 Å². The zero-order chi connectivity index (χ0) is 20.7. The number of rotatable bonds is 7. The first-order chi connectivity index (χ1) is 13.3. The fraction of sp³-hybridized carbons (Fsp3) is 0.118. The van der Waals surface area contributed by atoms with Crippen LogP contribution in [0.2, 0.25) is 0 Å². The van der Waals surface area contributed by atoms with Crippen molar-refractivity contribution in [1.29, 1.82) is 0 Å². The minimum Gasteiger partial charge on any atom is -0.326 e. The van der Waals surface area contributed by atoms with Crippen LogP contribution in [0.15, 0.2) is 53.6 Å². The third-order valence-corrected chi connectivity index (χ3v) is 3.47. The molecule has 144 valence electrons. The predicted octanol–water partition coefficient (Wildman–Crippen LogP) is 2.64. The fourth-order valence-corrected chi connectivity index (χ4v) is 2.17. The topological polar surface area (TPSA) is 157 Å². The lowest BCUT2D eigenvalue weighted by Gasteiger charge is -2.06. The summed E-state index contributed by atoms with van der Waals surface area (Å²) in [5.74, 6) is -1.22. The van der Waals surface area contributed by atoms with Gasteiger partial charge in [0, 0.05) is 29.6 Å². The van der Waals surface area contributed by atoms with Crippen molar-refractivity contribution in [2.24, 2.45) is 5.10 Å². The minimum atomic E-state index is -0.776. The molecule has 2 aromatic rings. The van der Waals surface area contributed by atoms with Crippen LogP contribution < -0.4 is 10.7 Å². The molecule has 0 aliphatic heterocycles. The second-order valence-corrected chi connectivity index (χ2v) is 5.59. The quantitative estimate of drug-likeness (QED) is 0.424. The summed E-state index contributed by atoms with van der Waals surface area (Å²) in [7, 11) is 0. The number of hydrazone groups is 1. The number of benzene rings is 2. The van der Waals surface area contributed by atoms with Gasteiger partial charge in [0.2, 0.25) is 5.91 Å². The number of non-ortho nitro benzene ring substituents is 1. The van der Waals surface area contributed by atoms with E-state index >= 15 is 0 Å². The maximum atomic E-state index is 12.1. The molecule has 0 unspecified atom stereocenters. The van der Waals surface area contributed by atoms with Crippen LogP contribution in [-0.4, -0.2) is 27.4 Å². The molecule has 0 atom stereocenters. The summed E-state index contributed by atoms with van der Waals surface area (Å²) in [6.07, 6.45) is -0.159. The van der Waals surface area contributed by atoms with E-state index in [1.54, 1.807) is 0 Å². The van der Waals surface area contributed by atoms with E-state index in [1.807, 2.05) is 0 Å². The maximum Gasteiger partial charge on any atom is 0.282 e. The number of nitrogens with one attached hydrogen (secondary N) is 2. The van der Waals surface area contributed by atoms with Gasteiger partial charge in [-0.1, -0.05) is 12.1 Å². The molecule has 28 heavy (non-hydrogen) atoms. The first kappa shape index (κ1) is 20.2. The number of nitrogens with zero attached hydrogens (tertiary/aromatic N) is 3. The number of para-hydroxylation sites is 1. The van der Waals surface area contributed by atoms with Crippen molar-refractivity contribution in [1.82, 2.24) is 5.43 Å². The summed E-state index contributed by atoms with van der Waals surface area (Å²) in [5, 5.41) is 27.8. The van der Waals surface area contributed by atoms with Crippen LogP contribution in [0.5, 0.6) is 0 Å². The van der Waals surface area contributed by atoms with Gasteiger partial charge in [0.1, 0.15) is 5.56 Å². The molecule has 2 amide bonds. The molecular formula is C17H15N5O6. The van der Waals surface area contributed by atoms with Gasteiger partial charge in [-0.05, 0) is 25.1 Å². The van der Waals surface area contributed by atoms with Crippen LogP contribution in [0, 0.1) is 20.2 Å². The highest BCUT2D eigenvalue weighted by Crippen LogP contribution is 2.17. The largest absolute Gasteiger partial charge is 0.326 e. The molecule has 0 bridgehead atoms. The van der Waals surface area contributed by atoms with E-state index in [-0.39, 0.29) is 29.1 Å². The van der Waals surface area contributed by atoms with Crippen LogP contribution >= 0.6 is 0 Å². The van der Waals surface area contributed by atoms with Crippen LogP contribution in [0.4, 0.5) is 17.1 Å². The molecule has 2 N–H and O–H groups in total. The molecule has 2 rings (SSSR count). The van der Waals surface area contributed by atoms with Crippen molar-refractivity contribution < 1.29 is 19.4 Å². The Balaban J connectivity index is 1.95. The monoisotopic (exact) mass is 385 g/mol. The summed E-state index contributed by atoms with van der Waals surface area (Å²) in [6.45, 7) is 1.50. The molecule has 0 aliphatic rings. The van der Waals surface area contributed by atoms with E-state index in [2.05, 4.69) is 15.8 Å². The summed E-state index contributed by atoms with van der Waals surface area (Å²) >= 11 is 0.